The monoisotopic (exact) mass is 227 g/mol. The fourth-order valence-electron chi connectivity index (χ4n) is 1.22. The molecule has 0 saturated carbocycles. The van der Waals surface area contributed by atoms with Gasteiger partial charge in [0.1, 0.15) is 0 Å². The summed E-state index contributed by atoms with van der Waals surface area (Å²) in [5.41, 5.74) is 1.91. The van der Waals surface area contributed by atoms with E-state index in [9.17, 15) is 0 Å². The second-order valence-electron chi connectivity index (χ2n) is 2.81. The van der Waals surface area contributed by atoms with Crippen LogP contribution in [-0.2, 0) is 7.05 Å². The van der Waals surface area contributed by atoms with Gasteiger partial charge < -0.3 is 4.57 Å². The Hall–Kier alpha value is -0.680. The van der Waals surface area contributed by atoms with Crippen LogP contribution >= 0.6 is 25.3 Å². The maximum absolute atomic E-state index is 4.39. The molecule has 0 amide bonds. The topological polar surface area (TPSA) is 29.6 Å². The number of hydrogen-bond donors (Lipinski definition) is 2. The van der Waals surface area contributed by atoms with Crippen molar-refractivity contribution in [3.05, 3.63) is 11.1 Å². The van der Waals surface area contributed by atoms with Crippen LogP contribution in [0.3, 0.4) is 0 Å². The Labute approximate surface area is 94.8 Å². The lowest BCUT2D eigenvalue weighted by molar-refractivity contribution is 0.753. The van der Waals surface area contributed by atoms with E-state index in [4.69, 9.17) is 0 Å². The van der Waals surface area contributed by atoms with Crippen LogP contribution in [0, 0.1) is 0 Å². The number of aromatic nitrogens is 1. The van der Waals surface area contributed by atoms with E-state index in [-0.39, 0.29) is 0 Å². The van der Waals surface area contributed by atoms with Crippen molar-refractivity contribution in [2.24, 2.45) is 17.0 Å². The highest BCUT2D eigenvalue weighted by Crippen LogP contribution is 2.25. The Balaban J connectivity index is 3.44. The Morgan fingerprint density at radius 3 is 1.64 bits per heavy atom. The Morgan fingerprint density at radius 1 is 1.00 bits per heavy atom. The number of aliphatic imine (C=N–C) groups is 2. The van der Waals surface area contributed by atoms with E-state index >= 15 is 0 Å². The fraction of sp³-hybridized carbons (Fsp3) is 0.333. The zero-order chi connectivity index (χ0) is 10.7. The van der Waals surface area contributed by atoms with Crippen molar-refractivity contribution in [3.63, 3.8) is 0 Å². The predicted octanol–water partition coefficient (Wildman–Crippen LogP) is 1.70. The van der Waals surface area contributed by atoms with Crippen molar-refractivity contribution in [1.29, 1.82) is 0 Å². The van der Waals surface area contributed by atoms with E-state index in [0.29, 0.717) is 0 Å². The summed E-state index contributed by atoms with van der Waals surface area (Å²) >= 11 is 8.78. The number of rotatable bonds is 2. The first-order valence-electron chi connectivity index (χ1n) is 4.08. The third kappa shape index (κ3) is 1.88. The van der Waals surface area contributed by atoms with Gasteiger partial charge in [0.25, 0.3) is 0 Å². The van der Waals surface area contributed by atoms with Crippen molar-refractivity contribution in [3.8, 4) is 0 Å². The molecule has 5 heteroatoms. The molecule has 3 nitrogen and oxygen atoms in total. The highest BCUT2D eigenvalue weighted by Gasteiger charge is 2.13. The molecule has 14 heavy (non-hydrogen) atoms. The molecule has 0 saturated heterocycles. The molecule has 76 valence electrons. The van der Waals surface area contributed by atoms with E-state index in [1.165, 1.54) is 0 Å². The van der Waals surface area contributed by atoms with Gasteiger partial charge in [0, 0.05) is 44.7 Å². The van der Waals surface area contributed by atoms with Crippen LogP contribution in [0.15, 0.2) is 20.0 Å². The van der Waals surface area contributed by atoms with Gasteiger partial charge in [-0.25, -0.2) is 0 Å². The van der Waals surface area contributed by atoms with Gasteiger partial charge in [-0.15, -0.1) is 25.3 Å². The second kappa shape index (κ2) is 4.70. The maximum atomic E-state index is 4.39. The molecule has 0 fully saturated rings. The van der Waals surface area contributed by atoms with E-state index in [1.807, 2.05) is 11.6 Å². The molecule has 0 atom stereocenters. The highest BCUT2D eigenvalue weighted by molar-refractivity contribution is 7.81. The van der Waals surface area contributed by atoms with Gasteiger partial charge in [-0.1, -0.05) is 0 Å². The van der Waals surface area contributed by atoms with Gasteiger partial charge in [0.15, 0.2) is 0 Å². The van der Waals surface area contributed by atoms with Crippen molar-refractivity contribution < 1.29 is 0 Å². The minimum atomic E-state index is 0.843. The average molecular weight is 227 g/mol. The lowest BCUT2D eigenvalue weighted by atomic mass is 10.2. The molecule has 0 aliphatic rings. The van der Waals surface area contributed by atoms with Crippen molar-refractivity contribution in [2.75, 3.05) is 14.1 Å². The summed E-state index contributed by atoms with van der Waals surface area (Å²) in [6.45, 7) is 0. The first-order chi connectivity index (χ1) is 6.63. The smallest absolute Gasteiger partial charge is 0.0819 e. The molecule has 0 N–H and O–H groups in total. The van der Waals surface area contributed by atoms with Crippen LogP contribution in [0.1, 0.15) is 11.1 Å². The summed E-state index contributed by atoms with van der Waals surface area (Å²) in [5.74, 6) is 0. The molecule has 0 aliphatic carbocycles. The van der Waals surface area contributed by atoms with Crippen molar-refractivity contribution in [2.45, 2.75) is 10.1 Å². The third-order valence-electron chi connectivity index (χ3n) is 1.92. The molecular formula is C9H13N3S2. The fourth-order valence-corrected chi connectivity index (χ4v) is 1.85. The van der Waals surface area contributed by atoms with Gasteiger partial charge in [-0.2, -0.15) is 0 Å². The predicted molar refractivity (Wildman–Crippen MR) is 67.0 cm³/mol. The molecular weight excluding hydrogens is 214 g/mol. The summed E-state index contributed by atoms with van der Waals surface area (Å²) in [6.07, 6.45) is 3.53. The van der Waals surface area contributed by atoms with E-state index in [2.05, 4.69) is 35.2 Å². The third-order valence-corrected chi connectivity index (χ3v) is 3.01. The molecule has 0 bridgehead atoms. The van der Waals surface area contributed by atoms with Gasteiger partial charge in [0.2, 0.25) is 0 Å². The number of nitrogens with zero attached hydrogens (tertiary/aromatic N) is 3. The van der Waals surface area contributed by atoms with Gasteiger partial charge >= 0.3 is 0 Å². The Morgan fingerprint density at radius 2 is 1.36 bits per heavy atom. The summed E-state index contributed by atoms with van der Waals surface area (Å²) in [4.78, 5) is 7.96. The summed E-state index contributed by atoms with van der Waals surface area (Å²) in [7, 11) is 5.36. The normalized spacial score (nSPS) is 12.1. The average Bonchev–Trinajstić information content (AvgIpc) is 2.36. The minimum absolute atomic E-state index is 0.843. The number of thiol groups is 2. The largest absolute Gasteiger partial charge is 0.333 e. The lowest BCUT2D eigenvalue weighted by Crippen LogP contribution is -1.88. The van der Waals surface area contributed by atoms with Crippen molar-refractivity contribution >= 4 is 37.7 Å². The molecule has 1 rings (SSSR count). The molecule has 0 radical (unpaired) electrons. The summed E-state index contributed by atoms with van der Waals surface area (Å²) in [6, 6.07) is 0. The Bertz CT molecular complexity index is 356. The zero-order valence-corrected chi connectivity index (χ0v) is 10.2. The van der Waals surface area contributed by atoms with Crippen molar-refractivity contribution in [1.82, 2.24) is 4.57 Å². The van der Waals surface area contributed by atoms with Crippen LogP contribution < -0.4 is 0 Å². The molecule has 0 spiro atoms. The SMILES string of the molecule is CN=Cc1c(C=NC)c(S)n(C)c1S. The minimum Gasteiger partial charge on any atom is -0.333 e. The summed E-state index contributed by atoms with van der Waals surface area (Å²) in [5, 5.41) is 1.69. The van der Waals surface area contributed by atoms with Gasteiger partial charge in [0.05, 0.1) is 10.1 Å². The number of hydrogen-bond acceptors (Lipinski definition) is 4. The summed E-state index contributed by atoms with van der Waals surface area (Å²) < 4.78 is 1.89. The van der Waals surface area contributed by atoms with Crippen LogP contribution in [0.2, 0.25) is 0 Å². The standard InChI is InChI=1S/C9H13N3S2/c1-10-4-6-7(5-11-2)9(14)12(3)8(6)13/h4-5,13-14H,1-3H3. The van der Waals surface area contributed by atoms with Gasteiger partial charge in [-0.05, 0) is 0 Å². The van der Waals surface area contributed by atoms with E-state index in [0.717, 1.165) is 21.2 Å². The van der Waals surface area contributed by atoms with Gasteiger partial charge in [-0.3, -0.25) is 9.98 Å². The van der Waals surface area contributed by atoms with Crippen LogP contribution in [0.5, 0.6) is 0 Å². The Kier molecular flexibility index (Phi) is 3.83. The molecule has 1 aromatic rings. The van der Waals surface area contributed by atoms with E-state index in [1.54, 1.807) is 26.5 Å². The molecule has 0 unspecified atom stereocenters. The lowest BCUT2D eigenvalue weighted by Gasteiger charge is -1.96. The molecule has 0 aliphatic heterocycles. The maximum Gasteiger partial charge on any atom is 0.0819 e. The van der Waals surface area contributed by atoms with Crippen LogP contribution in [-0.4, -0.2) is 31.1 Å². The molecule has 0 aromatic carbocycles. The first-order valence-corrected chi connectivity index (χ1v) is 4.97. The second-order valence-corrected chi connectivity index (χ2v) is 3.66. The zero-order valence-electron chi connectivity index (χ0n) is 8.39. The molecule has 1 aromatic heterocycles. The van der Waals surface area contributed by atoms with E-state index < -0.39 is 0 Å². The van der Waals surface area contributed by atoms with Crippen LogP contribution in [0.25, 0.3) is 0 Å². The quantitative estimate of drug-likeness (QED) is 0.569. The highest BCUT2D eigenvalue weighted by atomic mass is 32.1. The van der Waals surface area contributed by atoms with Crippen LogP contribution in [0.4, 0.5) is 0 Å². The molecule has 1 heterocycles. The first kappa shape index (κ1) is 11.4.